The summed E-state index contributed by atoms with van der Waals surface area (Å²) in [7, 11) is 0. The molecule has 0 spiro atoms. The number of pyridine rings is 1. The molecule has 0 saturated carbocycles. The third kappa shape index (κ3) is 2.30. The van der Waals surface area contributed by atoms with Gasteiger partial charge in [0.15, 0.2) is 5.82 Å². The topological polar surface area (TPSA) is 41.9 Å². The van der Waals surface area contributed by atoms with E-state index in [2.05, 4.69) is 16.0 Å². The van der Waals surface area contributed by atoms with Crippen molar-refractivity contribution in [1.82, 2.24) is 15.0 Å². The molecule has 0 radical (unpaired) electrons. The van der Waals surface area contributed by atoms with E-state index in [1.54, 1.807) is 6.20 Å². The van der Waals surface area contributed by atoms with E-state index < -0.39 is 0 Å². The Kier molecular flexibility index (Phi) is 3.47. The van der Waals surface area contributed by atoms with Crippen molar-refractivity contribution < 1.29 is 0 Å². The molecular weight excluding hydrogens is 316 g/mol. The number of hydrogen-bond donors (Lipinski definition) is 0. The van der Waals surface area contributed by atoms with E-state index in [0.29, 0.717) is 0 Å². The Bertz CT molecular complexity index is 881. The van der Waals surface area contributed by atoms with Gasteiger partial charge >= 0.3 is 0 Å². The molecule has 0 bridgehead atoms. The second-order valence-electron chi connectivity index (χ2n) is 6.70. The predicted molar refractivity (Wildman–Crippen MR) is 98.7 cm³/mol. The van der Waals surface area contributed by atoms with E-state index >= 15 is 0 Å². The summed E-state index contributed by atoms with van der Waals surface area (Å²) in [6, 6.07) is 4.01. The first-order valence-corrected chi connectivity index (χ1v) is 9.69. The van der Waals surface area contributed by atoms with Gasteiger partial charge < -0.3 is 4.90 Å². The number of hydrogen-bond acceptors (Lipinski definition) is 5. The van der Waals surface area contributed by atoms with Gasteiger partial charge in [-0.05, 0) is 56.2 Å². The Balaban J connectivity index is 1.76. The van der Waals surface area contributed by atoms with Gasteiger partial charge in [0.25, 0.3) is 0 Å². The first-order valence-electron chi connectivity index (χ1n) is 8.88. The van der Waals surface area contributed by atoms with Crippen molar-refractivity contribution >= 4 is 27.4 Å². The third-order valence-corrected chi connectivity index (χ3v) is 6.31. The molecule has 122 valence electrons. The van der Waals surface area contributed by atoms with Crippen LogP contribution in [0.4, 0.5) is 5.82 Å². The fraction of sp³-hybridized carbons (Fsp3) is 0.421. The molecule has 0 atom stereocenters. The highest BCUT2D eigenvalue weighted by molar-refractivity contribution is 7.19. The molecule has 1 aliphatic carbocycles. The monoisotopic (exact) mass is 336 g/mol. The van der Waals surface area contributed by atoms with Crippen molar-refractivity contribution in [3.8, 4) is 11.4 Å². The lowest BCUT2D eigenvalue weighted by Gasteiger charge is -2.20. The molecule has 0 unspecified atom stereocenters. The average Bonchev–Trinajstić information content (AvgIpc) is 3.29. The molecular formula is C19H20N4S. The Labute approximate surface area is 145 Å². The minimum absolute atomic E-state index is 0.816. The molecule has 24 heavy (non-hydrogen) atoms. The van der Waals surface area contributed by atoms with Gasteiger partial charge in [0, 0.05) is 35.9 Å². The van der Waals surface area contributed by atoms with Crippen molar-refractivity contribution in [1.29, 1.82) is 0 Å². The van der Waals surface area contributed by atoms with Gasteiger partial charge in [-0.25, -0.2) is 9.97 Å². The molecule has 3 aromatic heterocycles. The van der Waals surface area contributed by atoms with Crippen LogP contribution in [0.2, 0.25) is 0 Å². The molecule has 1 fully saturated rings. The maximum atomic E-state index is 5.01. The molecule has 5 heteroatoms. The first-order chi connectivity index (χ1) is 11.9. The Hall–Kier alpha value is -2.01. The van der Waals surface area contributed by atoms with E-state index in [4.69, 9.17) is 9.97 Å². The van der Waals surface area contributed by atoms with Crippen molar-refractivity contribution in [2.45, 2.75) is 38.5 Å². The number of thiophene rings is 1. The first kappa shape index (κ1) is 14.3. The number of anilines is 1. The quantitative estimate of drug-likeness (QED) is 0.702. The molecule has 0 N–H and O–H groups in total. The summed E-state index contributed by atoms with van der Waals surface area (Å²) in [4.78, 5) is 19.3. The van der Waals surface area contributed by atoms with Gasteiger partial charge in [0.2, 0.25) is 0 Å². The van der Waals surface area contributed by atoms with E-state index in [1.165, 1.54) is 54.4 Å². The van der Waals surface area contributed by atoms with Crippen LogP contribution in [0, 0.1) is 0 Å². The maximum absolute atomic E-state index is 5.01. The van der Waals surface area contributed by atoms with Crippen LogP contribution in [0.25, 0.3) is 21.6 Å². The molecule has 1 aliphatic heterocycles. The van der Waals surface area contributed by atoms with Crippen LogP contribution in [-0.4, -0.2) is 28.0 Å². The van der Waals surface area contributed by atoms with Crippen molar-refractivity contribution in [2.24, 2.45) is 0 Å². The van der Waals surface area contributed by atoms with Crippen LogP contribution in [0.15, 0.2) is 24.5 Å². The molecule has 3 aromatic rings. The maximum Gasteiger partial charge on any atom is 0.164 e. The Morgan fingerprint density at radius 1 is 1.00 bits per heavy atom. The number of fused-ring (bicyclic) bond motifs is 3. The molecule has 0 amide bonds. The molecule has 5 rings (SSSR count). The zero-order chi connectivity index (χ0) is 15.9. The Morgan fingerprint density at radius 3 is 2.71 bits per heavy atom. The van der Waals surface area contributed by atoms with Gasteiger partial charge in [-0.3, -0.25) is 4.98 Å². The minimum atomic E-state index is 0.816. The molecule has 1 saturated heterocycles. The fourth-order valence-electron chi connectivity index (χ4n) is 3.92. The van der Waals surface area contributed by atoms with E-state index in [0.717, 1.165) is 35.1 Å². The zero-order valence-electron chi connectivity index (χ0n) is 13.7. The zero-order valence-corrected chi connectivity index (χ0v) is 14.5. The second-order valence-corrected chi connectivity index (χ2v) is 7.78. The summed E-state index contributed by atoms with van der Waals surface area (Å²) in [5.74, 6) is 1.98. The molecule has 0 aromatic carbocycles. The predicted octanol–water partition coefficient (Wildman–Crippen LogP) is 4.23. The standard InChI is InChI=1S/C19H20N4S/c1-2-8-15-14(7-1)16-18(23-10-3-4-11-23)21-17(22-19(16)24-15)13-6-5-9-20-12-13/h5-6,9,12H,1-4,7-8,10-11H2. The van der Waals surface area contributed by atoms with Crippen LogP contribution in [0.1, 0.15) is 36.1 Å². The van der Waals surface area contributed by atoms with Crippen LogP contribution >= 0.6 is 11.3 Å². The summed E-state index contributed by atoms with van der Waals surface area (Å²) >= 11 is 1.88. The number of aromatic nitrogens is 3. The Morgan fingerprint density at radius 2 is 1.88 bits per heavy atom. The van der Waals surface area contributed by atoms with Gasteiger partial charge in [-0.1, -0.05) is 0 Å². The van der Waals surface area contributed by atoms with Crippen molar-refractivity contribution in [2.75, 3.05) is 18.0 Å². The van der Waals surface area contributed by atoms with Gasteiger partial charge in [0.1, 0.15) is 10.6 Å². The highest BCUT2D eigenvalue weighted by Gasteiger charge is 2.25. The highest BCUT2D eigenvalue weighted by atomic mass is 32.1. The normalized spacial score (nSPS) is 17.4. The summed E-state index contributed by atoms with van der Waals surface area (Å²) in [6.07, 6.45) is 11.2. The van der Waals surface area contributed by atoms with Gasteiger partial charge in [0.05, 0.1) is 5.39 Å². The lowest BCUT2D eigenvalue weighted by atomic mass is 9.97. The lowest BCUT2D eigenvalue weighted by Crippen LogP contribution is -2.20. The van der Waals surface area contributed by atoms with Crippen LogP contribution < -0.4 is 4.90 Å². The summed E-state index contributed by atoms with van der Waals surface area (Å²) < 4.78 is 0. The molecule has 4 heterocycles. The smallest absolute Gasteiger partial charge is 0.164 e. The van der Waals surface area contributed by atoms with Crippen LogP contribution in [0.5, 0.6) is 0 Å². The molecule has 4 nitrogen and oxygen atoms in total. The fourth-order valence-corrected chi connectivity index (χ4v) is 5.18. The van der Waals surface area contributed by atoms with Crippen LogP contribution in [0.3, 0.4) is 0 Å². The van der Waals surface area contributed by atoms with Gasteiger partial charge in [-0.2, -0.15) is 0 Å². The van der Waals surface area contributed by atoms with E-state index in [1.807, 2.05) is 23.6 Å². The average molecular weight is 336 g/mol. The summed E-state index contributed by atoms with van der Waals surface area (Å²) in [5.41, 5.74) is 2.53. The van der Waals surface area contributed by atoms with E-state index in [9.17, 15) is 0 Å². The largest absolute Gasteiger partial charge is 0.356 e. The van der Waals surface area contributed by atoms with Crippen molar-refractivity contribution in [3.63, 3.8) is 0 Å². The van der Waals surface area contributed by atoms with Crippen LogP contribution in [-0.2, 0) is 12.8 Å². The third-order valence-electron chi connectivity index (χ3n) is 5.12. The van der Waals surface area contributed by atoms with Crippen molar-refractivity contribution in [3.05, 3.63) is 35.0 Å². The number of rotatable bonds is 2. The molecule has 2 aliphatic rings. The second kappa shape index (κ2) is 5.81. The summed E-state index contributed by atoms with van der Waals surface area (Å²) in [6.45, 7) is 2.23. The summed E-state index contributed by atoms with van der Waals surface area (Å²) in [5, 5.41) is 1.34. The number of nitrogens with zero attached hydrogens (tertiary/aromatic N) is 4. The SMILES string of the molecule is c1cncc(-c2nc(N3CCCC3)c3c4c(sc3n2)CCCC4)c1. The lowest BCUT2D eigenvalue weighted by molar-refractivity contribution is 0.700. The van der Waals surface area contributed by atoms with Gasteiger partial charge in [-0.15, -0.1) is 11.3 Å². The van der Waals surface area contributed by atoms with E-state index in [-0.39, 0.29) is 0 Å². The number of aryl methyl sites for hydroxylation is 2. The highest BCUT2D eigenvalue weighted by Crippen LogP contribution is 2.41. The minimum Gasteiger partial charge on any atom is -0.356 e.